The zero-order chi connectivity index (χ0) is 10.4. The number of hydrogen-bond acceptors (Lipinski definition) is 3. The Kier molecular flexibility index (Phi) is 4.12. The summed E-state index contributed by atoms with van der Waals surface area (Å²) in [7, 11) is 0. The zero-order valence-electron chi connectivity index (χ0n) is 8.50. The maximum absolute atomic E-state index is 11.4. The molecule has 78 valence electrons. The van der Waals surface area contributed by atoms with E-state index >= 15 is 0 Å². The van der Waals surface area contributed by atoms with Crippen LogP contribution in [0.3, 0.4) is 0 Å². The molecule has 0 aliphatic heterocycles. The summed E-state index contributed by atoms with van der Waals surface area (Å²) in [6, 6.07) is 0.201. The number of nitrogens with zero attached hydrogens (tertiary/aromatic N) is 1. The second kappa shape index (κ2) is 5.39. The molecule has 0 fully saturated rings. The van der Waals surface area contributed by atoms with Crippen LogP contribution in [0.2, 0.25) is 0 Å². The van der Waals surface area contributed by atoms with E-state index < -0.39 is 0 Å². The molecule has 0 aliphatic rings. The SMILES string of the molecule is CCNC(C)CC(=O)Nc1cn[nH]c1. The van der Waals surface area contributed by atoms with E-state index in [2.05, 4.69) is 20.8 Å². The van der Waals surface area contributed by atoms with Crippen LogP contribution in [0.1, 0.15) is 20.3 Å². The van der Waals surface area contributed by atoms with Gasteiger partial charge in [-0.3, -0.25) is 9.89 Å². The third-order valence-corrected chi connectivity index (χ3v) is 1.83. The molecule has 5 nitrogen and oxygen atoms in total. The lowest BCUT2D eigenvalue weighted by Gasteiger charge is -2.10. The number of carbonyl (C=O) groups is 1. The van der Waals surface area contributed by atoms with Gasteiger partial charge in [0.2, 0.25) is 5.91 Å². The molecule has 0 radical (unpaired) electrons. The predicted molar refractivity (Wildman–Crippen MR) is 55.0 cm³/mol. The van der Waals surface area contributed by atoms with Crippen molar-refractivity contribution in [1.82, 2.24) is 15.5 Å². The van der Waals surface area contributed by atoms with Crippen LogP contribution < -0.4 is 10.6 Å². The lowest BCUT2D eigenvalue weighted by atomic mass is 10.2. The third-order valence-electron chi connectivity index (χ3n) is 1.83. The molecule has 1 amide bonds. The summed E-state index contributed by atoms with van der Waals surface area (Å²) in [4.78, 5) is 11.4. The monoisotopic (exact) mass is 196 g/mol. The van der Waals surface area contributed by atoms with Crippen molar-refractivity contribution in [3.8, 4) is 0 Å². The number of carbonyl (C=O) groups excluding carboxylic acids is 1. The first kappa shape index (κ1) is 10.7. The molecule has 0 aliphatic carbocycles. The summed E-state index contributed by atoms with van der Waals surface area (Å²) in [5.74, 6) is -0.000139. The zero-order valence-corrected chi connectivity index (χ0v) is 8.50. The molecule has 0 bridgehead atoms. The van der Waals surface area contributed by atoms with Crippen molar-refractivity contribution < 1.29 is 4.79 Å². The van der Waals surface area contributed by atoms with E-state index in [0.717, 1.165) is 6.54 Å². The van der Waals surface area contributed by atoms with E-state index in [1.807, 2.05) is 13.8 Å². The lowest BCUT2D eigenvalue weighted by Crippen LogP contribution is -2.30. The molecule has 0 spiro atoms. The van der Waals surface area contributed by atoms with Crippen molar-refractivity contribution in [2.24, 2.45) is 0 Å². The third kappa shape index (κ3) is 3.57. The smallest absolute Gasteiger partial charge is 0.226 e. The van der Waals surface area contributed by atoms with Crippen molar-refractivity contribution in [3.05, 3.63) is 12.4 Å². The molecule has 0 saturated heterocycles. The first-order valence-corrected chi connectivity index (χ1v) is 4.74. The Bertz CT molecular complexity index is 270. The van der Waals surface area contributed by atoms with Crippen LogP contribution in [-0.2, 0) is 4.79 Å². The standard InChI is InChI=1S/C9H16N4O/c1-3-10-7(2)4-9(14)13-8-5-11-12-6-8/h5-7,10H,3-4H2,1-2H3,(H,11,12)(H,13,14). The Balaban J connectivity index is 2.29. The highest BCUT2D eigenvalue weighted by Crippen LogP contribution is 2.02. The maximum Gasteiger partial charge on any atom is 0.226 e. The molecule has 1 atom stereocenters. The molecule has 1 aromatic heterocycles. The number of anilines is 1. The van der Waals surface area contributed by atoms with E-state index in [0.29, 0.717) is 12.1 Å². The van der Waals surface area contributed by atoms with E-state index in [9.17, 15) is 4.79 Å². The maximum atomic E-state index is 11.4. The fraction of sp³-hybridized carbons (Fsp3) is 0.556. The summed E-state index contributed by atoms with van der Waals surface area (Å²) in [5, 5.41) is 12.3. The van der Waals surface area contributed by atoms with Crippen molar-refractivity contribution in [3.63, 3.8) is 0 Å². The largest absolute Gasteiger partial charge is 0.323 e. The molecule has 1 heterocycles. The normalized spacial score (nSPS) is 12.4. The molecular weight excluding hydrogens is 180 g/mol. The summed E-state index contributed by atoms with van der Waals surface area (Å²) in [6.45, 7) is 4.88. The lowest BCUT2D eigenvalue weighted by molar-refractivity contribution is -0.116. The number of amides is 1. The Labute approximate surface area is 83.3 Å². The number of rotatable bonds is 5. The van der Waals surface area contributed by atoms with Crippen LogP contribution in [0.25, 0.3) is 0 Å². The molecule has 0 saturated carbocycles. The number of nitrogens with one attached hydrogen (secondary N) is 3. The summed E-state index contributed by atoms with van der Waals surface area (Å²) < 4.78 is 0. The summed E-state index contributed by atoms with van der Waals surface area (Å²) >= 11 is 0. The van der Waals surface area contributed by atoms with Gasteiger partial charge < -0.3 is 10.6 Å². The Morgan fingerprint density at radius 1 is 1.71 bits per heavy atom. The number of aromatic nitrogens is 2. The van der Waals surface area contributed by atoms with Gasteiger partial charge in [-0.05, 0) is 13.5 Å². The highest BCUT2D eigenvalue weighted by Gasteiger charge is 2.07. The molecular formula is C9H16N4O. The van der Waals surface area contributed by atoms with Gasteiger partial charge in [0.1, 0.15) is 0 Å². The van der Waals surface area contributed by atoms with Gasteiger partial charge in [-0.1, -0.05) is 6.92 Å². The topological polar surface area (TPSA) is 69.8 Å². The van der Waals surface area contributed by atoms with E-state index in [4.69, 9.17) is 0 Å². The first-order chi connectivity index (χ1) is 6.72. The molecule has 1 aromatic rings. The average molecular weight is 196 g/mol. The van der Waals surface area contributed by atoms with Crippen LogP contribution in [-0.4, -0.2) is 28.7 Å². The van der Waals surface area contributed by atoms with Crippen LogP contribution in [0.5, 0.6) is 0 Å². The predicted octanol–water partition coefficient (Wildman–Crippen LogP) is 0.736. The number of H-pyrrole nitrogens is 1. The quantitative estimate of drug-likeness (QED) is 0.650. The Hall–Kier alpha value is -1.36. The minimum Gasteiger partial charge on any atom is -0.323 e. The van der Waals surface area contributed by atoms with Gasteiger partial charge in [-0.15, -0.1) is 0 Å². The Morgan fingerprint density at radius 3 is 3.07 bits per heavy atom. The van der Waals surface area contributed by atoms with E-state index in [-0.39, 0.29) is 11.9 Å². The van der Waals surface area contributed by atoms with E-state index in [1.54, 1.807) is 12.4 Å². The van der Waals surface area contributed by atoms with Gasteiger partial charge in [0.15, 0.2) is 0 Å². The fourth-order valence-electron chi connectivity index (χ4n) is 1.23. The van der Waals surface area contributed by atoms with Crippen LogP contribution in [0.15, 0.2) is 12.4 Å². The summed E-state index contributed by atoms with van der Waals surface area (Å²) in [5.41, 5.74) is 0.707. The van der Waals surface area contributed by atoms with Gasteiger partial charge in [-0.25, -0.2) is 0 Å². The van der Waals surface area contributed by atoms with Crippen molar-refractivity contribution in [1.29, 1.82) is 0 Å². The molecule has 1 rings (SSSR count). The average Bonchev–Trinajstić information content (AvgIpc) is 2.56. The van der Waals surface area contributed by atoms with Gasteiger partial charge >= 0.3 is 0 Å². The number of hydrogen-bond donors (Lipinski definition) is 3. The molecule has 1 unspecified atom stereocenters. The minimum atomic E-state index is -0.000139. The van der Waals surface area contributed by atoms with Crippen molar-refractivity contribution in [2.75, 3.05) is 11.9 Å². The van der Waals surface area contributed by atoms with E-state index in [1.165, 1.54) is 0 Å². The molecule has 14 heavy (non-hydrogen) atoms. The van der Waals surface area contributed by atoms with Gasteiger partial charge in [0.05, 0.1) is 11.9 Å². The molecule has 3 N–H and O–H groups in total. The molecule has 5 heteroatoms. The first-order valence-electron chi connectivity index (χ1n) is 4.74. The van der Waals surface area contributed by atoms with Gasteiger partial charge in [0.25, 0.3) is 0 Å². The fourth-order valence-corrected chi connectivity index (χ4v) is 1.23. The molecule has 0 aromatic carbocycles. The second-order valence-corrected chi connectivity index (χ2v) is 3.20. The summed E-state index contributed by atoms with van der Waals surface area (Å²) in [6.07, 6.45) is 3.70. The van der Waals surface area contributed by atoms with Crippen LogP contribution >= 0.6 is 0 Å². The highest BCUT2D eigenvalue weighted by molar-refractivity contribution is 5.90. The Morgan fingerprint density at radius 2 is 2.50 bits per heavy atom. The second-order valence-electron chi connectivity index (χ2n) is 3.20. The number of aromatic amines is 1. The van der Waals surface area contributed by atoms with Crippen molar-refractivity contribution in [2.45, 2.75) is 26.3 Å². The highest BCUT2D eigenvalue weighted by atomic mass is 16.1. The van der Waals surface area contributed by atoms with Crippen LogP contribution in [0, 0.1) is 0 Å². The van der Waals surface area contributed by atoms with Gasteiger partial charge in [-0.2, -0.15) is 5.10 Å². The van der Waals surface area contributed by atoms with Crippen LogP contribution in [0.4, 0.5) is 5.69 Å². The minimum absolute atomic E-state index is 0.000139. The van der Waals surface area contributed by atoms with Gasteiger partial charge in [0, 0.05) is 18.7 Å². The van der Waals surface area contributed by atoms with Crippen molar-refractivity contribution >= 4 is 11.6 Å².